The number of hydrogen-bond donors (Lipinski definition) is 2. The number of piperazine rings is 1. The molecule has 0 atom stereocenters. The van der Waals surface area contributed by atoms with Crippen molar-refractivity contribution in [1.82, 2.24) is 9.88 Å². The molecule has 1 fully saturated rings. The van der Waals surface area contributed by atoms with E-state index >= 15 is 4.39 Å². The monoisotopic (exact) mass is 560 g/mol. The Balaban J connectivity index is 1.23. The molecule has 0 unspecified atom stereocenters. The van der Waals surface area contributed by atoms with Crippen molar-refractivity contribution in [2.75, 3.05) is 37.6 Å². The van der Waals surface area contributed by atoms with Crippen molar-refractivity contribution in [3.05, 3.63) is 81.7 Å². The molecule has 8 heteroatoms. The summed E-state index contributed by atoms with van der Waals surface area (Å²) >= 11 is 1.65. The number of benzene rings is 2. The number of nitrogens with one attached hydrogen (secondary N) is 1. The number of carbonyl (C=O) groups is 1. The molecule has 0 bridgehead atoms. The summed E-state index contributed by atoms with van der Waals surface area (Å²) in [5.41, 5.74) is 11.8. The summed E-state index contributed by atoms with van der Waals surface area (Å²) in [5, 5.41) is 2.41. The minimum absolute atomic E-state index is 0.201. The lowest BCUT2D eigenvalue weighted by molar-refractivity contribution is 0.100. The van der Waals surface area contributed by atoms with Gasteiger partial charge in [0.25, 0.3) is 0 Å². The number of anilines is 1. The van der Waals surface area contributed by atoms with Crippen LogP contribution in [0.1, 0.15) is 48.3 Å². The van der Waals surface area contributed by atoms with Crippen molar-refractivity contribution in [3.63, 3.8) is 0 Å². The SMILES string of the molecule is CC1(C)CCC(CN2CCN(c3ccc(C(N)=O)cc3)CC2)=C(c2cc(-c3c(F)cc(F)c4cc[nH]c34)cs2)C1. The predicted molar refractivity (Wildman–Crippen MR) is 160 cm³/mol. The molecular weight excluding hydrogens is 526 g/mol. The van der Waals surface area contributed by atoms with E-state index in [4.69, 9.17) is 5.73 Å². The number of hydrogen-bond acceptors (Lipinski definition) is 4. The Labute approximate surface area is 237 Å². The number of nitrogens with zero attached hydrogens (tertiary/aromatic N) is 2. The first-order chi connectivity index (χ1) is 19.2. The summed E-state index contributed by atoms with van der Waals surface area (Å²) in [5.74, 6) is -1.50. The first-order valence-corrected chi connectivity index (χ1v) is 14.7. The van der Waals surface area contributed by atoms with Crippen LogP contribution in [0.25, 0.3) is 27.6 Å². The zero-order valence-electron chi connectivity index (χ0n) is 22.9. The smallest absolute Gasteiger partial charge is 0.248 e. The van der Waals surface area contributed by atoms with Gasteiger partial charge in [0.15, 0.2) is 0 Å². The highest BCUT2D eigenvalue weighted by atomic mass is 32.1. The van der Waals surface area contributed by atoms with Crippen LogP contribution in [0.4, 0.5) is 14.5 Å². The standard InChI is InChI=1S/C32H34F2N4OS/c1-32(2)9-7-21(18-37-11-13-38(14-12-37)23-5-3-20(4-6-23)31(35)39)25(17-32)28-15-22(19-40-28)29-27(34)16-26(33)24-8-10-36-30(24)29/h3-6,8,10,15-16,19,36H,7,9,11-14,17-18H2,1-2H3,(H2,35,39). The summed E-state index contributed by atoms with van der Waals surface area (Å²) in [7, 11) is 0. The quantitative estimate of drug-likeness (QED) is 0.265. The fraction of sp³-hybridized carbons (Fsp3) is 0.344. The van der Waals surface area contributed by atoms with Crippen molar-refractivity contribution in [2.24, 2.45) is 11.1 Å². The molecule has 2 aromatic heterocycles. The Kier molecular flexibility index (Phi) is 7.00. The van der Waals surface area contributed by atoms with E-state index < -0.39 is 17.5 Å². The van der Waals surface area contributed by atoms with Gasteiger partial charge in [-0.1, -0.05) is 19.4 Å². The molecule has 1 amide bonds. The van der Waals surface area contributed by atoms with E-state index in [0.29, 0.717) is 22.0 Å². The first kappa shape index (κ1) is 26.7. The molecule has 1 aliphatic carbocycles. The summed E-state index contributed by atoms with van der Waals surface area (Å²) in [6.45, 7) is 9.33. The van der Waals surface area contributed by atoms with E-state index in [2.05, 4.69) is 34.7 Å². The van der Waals surface area contributed by atoms with Crippen LogP contribution in [0, 0.1) is 17.0 Å². The normalized spacial score (nSPS) is 18.1. The second-order valence-corrected chi connectivity index (χ2v) is 12.7. The second kappa shape index (κ2) is 10.5. The van der Waals surface area contributed by atoms with Gasteiger partial charge in [-0.3, -0.25) is 9.69 Å². The Morgan fingerprint density at radius 3 is 2.52 bits per heavy atom. The number of halogens is 2. The molecule has 0 radical (unpaired) electrons. The summed E-state index contributed by atoms with van der Waals surface area (Å²) in [6, 6.07) is 12.3. The number of allylic oxidation sites excluding steroid dienone is 1. The first-order valence-electron chi connectivity index (χ1n) is 13.8. The molecule has 4 aromatic rings. The van der Waals surface area contributed by atoms with Gasteiger partial charge >= 0.3 is 0 Å². The molecule has 0 spiro atoms. The van der Waals surface area contributed by atoms with Gasteiger partial charge < -0.3 is 15.6 Å². The maximum Gasteiger partial charge on any atom is 0.248 e. The van der Waals surface area contributed by atoms with Crippen molar-refractivity contribution < 1.29 is 13.6 Å². The molecule has 208 valence electrons. The molecule has 2 aliphatic rings. The highest BCUT2D eigenvalue weighted by molar-refractivity contribution is 7.11. The lowest BCUT2D eigenvalue weighted by atomic mass is 9.73. The fourth-order valence-electron chi connectivity index (χ4n) is 6.10. The number of aromatic amines is 1. The lowest BCUT2D eigenvalue weighted by Crippen LogP contribution is -2.47. The molecule has 2 aromatic carbocycles. The number of amides is 1. The largest absolute Gasteiger partial charge is 0.369 e. The van der Waals surface area contributed by atoms with E-state index in [-0.39, 0.29) is 5.41 Å². The molecule has 1 aliphatic heterocycles. The highest BCUT2D eigenvalue weighted by Crippen LogP contribution is 2.46. The van der Waals surface area contributed by atoms with Gasteiger partial charge in [-0.15, -0.1) is 11.3 Å². The van der Waals surface area contributed by atoms with Crippen LogP contribution in [-0.4, -0.2) is 48.5 Å². The molecule has 40 heavy (non-hydrogen) atoms. The van der Waals surface area contributed by atoms with Gasteiger partial charge in [0, 0.05) is 72.1 Å². The van der Waals surface area contributed by atoms with Gasteiger partial charge in [0.2, 0.25) is 5.91 Å². The zero-order valence-corrected chi connectivity index (χ0v) is 23.7. The molecule has 0 saturated carbocycles. The van der Waals surface area contributed by atoms with E-state index in [9.17, 15) is 9.18 Å². The van der Waals surface area contributed by atoms with Gasteiger partial charge in [-0.2, -0.15) is 0 Å². The second-order valence-electron chi connectivity index (χ2n) is 11.8. The van der Waals surface area contributed by atoms with Crippen molar-refractivity contribution in [2.45, 2.75) is 33.1 Å². The number of thiophene rings is 1. The van der Waals surface area contributed by atoms with Crippen LogP contribution in [0.5, 0.6) is 0 Å². The Morgan fingerprint density at radius 1 is 1.05 bits per heavy atom. The summed E-state index contributed by atoms with van der Waals surface area (Å²) in [6.07, 6.45) is 4.84. The average molecular weight is 561 g/mol. The van der Waals surface area contributed by atoms with Crippen LogP contribution in [0.3, 0.4) is 0 Å². The van der Waals surface area contributed by atoms with Crippen LogP contribution in [0.2, 0.25) is 0 Å². The van der Waals surface area contributed by atoms with Crippen molar-refractivity contribution in [1.29, 1.82) is 0 Å². The zero-order chi connectivity index (χ0) is 28.0. The van der Waals surface area contributed by atoms with Crippen molar-refractivity contribution in [3.8, 4) is 11.1 Å². The Hall–Kier alpha value is -3.49. The molecule has 1 saturated heterocycles. The number of primary amides is 1. The predicted octanol–water partition coefficient (Wildman–Crippen LogP) is 7.06. The molecule has 5 nitrogen and oxygen atoms in total. The fourth-order valence-corrected chi connectivity index (χ4v) is 7.10. The number of H-pyrrole nitrogens is 1. The van der Waals surface area contributed by atoms with Crippen LogP contribution in [0.15, 0.2) is 59.6 Å². The molecular formula is C32H34F2N4OS. The van der Waals surface area contributed by atoms with Gasteiger partial charge in [0.05, 0.1) is 5.52 Å². The summed E-state index contributed by atoms with van der Waals surface area (Å²) in [4.78, 5) is 20.5. The lowest BCUT2D eigenvalue weighted by Gasteiger charge is -2.39. The molecule has 6 rings (SSSR count). The van der Waals surface area contributed by atoms with E-state index in [1.54, 1.807) is 35.7 Å². The third kappa shape index (κ3) is 5.18. The van der Waals surface area contributed by atoms with Crippen LogP contribution >= 0.6 is 11.3 Å². The Morgan fingerprint density at radius 2 is 1.80 bits per heavy atom. The van der Waals surface area contributed by atoms with Crippen LogP contribution in [-0.2, 0) is 0 Å². The van der Waals surface area contributed by atoms with Crippen LogP contribution < -0.4 is 10.6 Å². The van der Waals surface area contributed by atoms with Gasteiger partial charge in [-0.25, -0.2) is 8.78 Å². The maximum absolute atomic E-state index is 15.0. The van der Waals surface area contributed by atoms with E-state index in [0.717, 1.165) is 69.3 Å². The Bertz CT molecular complexity index is 1590. The minimum Gasteiger partial charge on any atom is -0.369 e. The molecule has 3 N–H and O–H groups in total. The van der Waals surface area contributed by atoms with Gasteiger partial charge in [0.1, 0.15) is 11.6 Å². The minimum atomic E-state index is -0.547. The average Bonchev–Trinajstić information content (AvgIpc) is 3.61. The van der Waals surface area contributed by atoms with Crippen molar-refractivity contribution >= 4 is 39.4 Å². The number of rotatable bonds is 6. The highest BCUT2D eigenvalue weighted by Gasteiger charge is 2.30. The van der Waals surface area contributed by atoms with E-state index in [1.165, 1.54) is 16.0 Å². The number of fused-ring (bicyclic) bond motifs is 1. The summed E-state index contributed by atoms with van der Waals surface area (Å²) < 4.78 is 29.3. The number of carbonyl (C=O) groups excluding carboxylic acids is 1. The third-order valence-electron chi connectivity index (χ3n) is 8.42. The number of nitrogens with two attached hydrogens (primary N) is 1. The maximum atomic E-state index is 15.0. The topological polar surface area (TPSA) is 65.4 Å². The molecule has 3 heterocycles. The van der Waals surface area contributed by atoms with E-state index in [1.807, 2.05) is 17.5 Å². The number of aromatic nitrogens is 1. The third-order valence-corrected chi connectivity index (χ3v) is 9.41. The van der Waals surface area contributed by atoms with Gasteiger partial charge in [-0.05, 0) is 77.6 Å².